The average molecular weight is 511 g/mol. The fraction of sp³-hybridized carbons (Fsp3) is 0.400. The molecule has 0 bridgehead atoms. The number of carbonyl (C=O) groups excluding carboxylic acids is 1. The van der Waals surface area contributed by atoms with E-state index in [1.54, 1.807) is 12.1 Å². The third kappa shape index (κ3) is 7.07. The molecule has 2 aromatic rings. The molecule has 0 N–H and O–H groups in total. The van der Waals surface area contributed by atoms with Gasteiger partial charge in [0.2, 0.25) is 0 Å². The van der Waals surface area contributed by atoms with Gasteiger partial charge in [0.15, 0.2) is 29.8 Å². The molecule has 0 unspecified atom stereocenters. The molecule has 5 nitrogen and oxygen atoms in total. The van der Waals surface area contributed by atoms with Crippen molar-refractivity contribution in [2.24, 2.45) is 0 Å². The molecule has 0 aliphatic carbocycles. The lowest BCUT2D eigenvalue weighted by Gasteiger charge is -2.36. The lowest BCUT2D eigenvalue weighted by molar-refractivity contribution is -0.139. The minimum atomic E-state index is -3.41. The summed E-state index contributed by atoms with van der Waals surface area (Å²) in [6.07, 6.45) is 1.11. The Balaban J connectivity index is 2.72. The van der Waals surface area contributed by atoms with Crippen LogP contribution in [0.15, 0.2) is 47.4 Å². The van der Waals surface area contributed by atoms with Gasteiger partial charge in [0.25, 0.3) is 0 Å². The van der Waals surface area contributed by atoms with Gasteiger partial charge in [-0.2, -0.15) is 0 Å². The summed E-state index contributed by atoms with van der Waals surface area (Å²) in [5, 5.41) is -0.0979. The number of carbonyl (C=O) groups is 1. The lowest BCUT2D eigenvalue weighted by atomic mass is 9.95. The minimum absolute atomic E-state index is 0.0754. The van der Waals surface area contributed by atoms with E-state index in [1.807, 2.05) is 0 Å². The maximum atomic E-state index is 14.2. The van der Waals surface area contributed by atoms with E-state index in [0.717, 1.165) is 18.4 Å². The van der Waals surface area contributed by atoms with Crippen LogP contribution in [0.4, 0.5) is 8.78 Å². The summed E-state index contributed by atoms with van der Waals surface area (Å²) in [6, 6.07) is 9.67. The van der Waals surface area contributed by atoms with Crippen molar-refractivity contribution in [3.63, 3.8) is 0 Å². The van der Waals surface area contributed by atoms with Gasteiger partial charge in [-0.15, -0.1) is 0 Å². The summed E-state index contributed by atoms with van der Waals surface area (Å²) in [7, 11) is -5.65. The molecule has 2 aromatic carbocycles. The summed E-state index contributed by atoms with van der Waals surface area (Å²) in [5.74, 6) is -2.51. The molecule has 0 saturated heterocycles. The molecular formula is C25H32F2O5SSi. The van der Waals surface area contributed by atoms with E-state index in [0.29, 0.717) is 22.3 Å². The highest BCUT2D eigenvalue weighted by atomic mass is 32.2. The molecule has 0 atom stereocenters. The molecule has 0 heterocycles. The van der Waals surface area contributed by atoms with E-state index < -0.39 is 35.8 Å². The van der Waals surface area contributed by atoms with Gasteiger partial charge < -0.3 is 9.16 Å². The van der Waals surface area contributed by atoms with Crippen LogP contribution in [0.2, 0.25) is 18.1 Å². The molecule has 0 amide bonds. The highest BCUT2D eigenvalue weighted by Gasteiger charge is 2.37. The highest BCUT2D eigenvalue weighted by molar-refractivity contribution is 7.90. The quantitative estimate of drug-likeness (QED) is 0.253. The Labute approximate surface area is 201 Å². The monoisotopic (exact) mass is 510 g/mol. The van der Waals surface area contributed by atoms with Crippen LogP contribution in [0.5, 0.6) is 0 Å². The second-order valence-corrected chi connectivity index (χ2v) is 16.5. The van der Waals surface area contributed by atoms with E-state index in [4.69, 9.17) is 9.16 Å². The summed E-state index contributed by atoms with van der Waals surface area (Å²) in [4.78, 5) is 11.7. The van der Waals surface area contributed by atoms with E-state index in [1.165, 1.54) is 25.1 Å². The van der Waals surface area contributed by atoms with Gasteiger partial charge in [-0.1, -0.05) is 39.0 Å². The molecular weight excluding hydrogens is 478 g/mol. The van der Waals surface area contributed by atoms with Gasteiger partial charge in [0.1, 0.15) is 6.61 Å². The Bertz CT molecular complexity index is 1180. The average Bonchev–Trinajstić information content (AvgIpc) is 2.71. The van der Waals surface area contributed by atoms with Gasteiger partial charge in [-0.3, -0.25) is 4.79 Å². The number of hydrogen-bond donors (Lipinski definition) is 0. The SMILES string of the molecule is CC(=O)OCC(=C(CO[Si](C)(C)C(C)(C)C)c1ccc(F)c(F)c1)c1ccc(S(C)(=O)=O)cc1. The zero-order valence-electron chi connectivity index (χ0n) is 20.7. The van der Waals surface area contributed by atoms with Crippen LogP contribution < -0.4 is 0 Å². The third-order valence-corrected chi connectivity index (χ3v) is 11.7. The van der Waals surface area contributed by atoms with Crippen molar-refractivity contribution in [2.75, 3.05) is 19.5 Å². The first kappa shape index (κ1) is 27.9. The first-order chi connectivity index (χ1) is 15.5. The number of hydrogen-bond acceptors (Lipinski definition) is 5. The Morgan fingerprint density at radius 1 is 0.912 bits per heavy atom. The van der Waals surface area contributed by atoms with Gasteiger partial charge >= 0.3 is 5.97 Å². The second kappa shape index (κ2) is 10.5. The number of ether oxygens (including phenoxy) is 1. The number of benzene rings is 2. The van der Waals surface area contributed by atoms with E-state index in [-0.39, 0.29) is 23.1 Å². The predicted molar refractivity (Wildman–Crippen MR) is 133 cm³/mol. The van der Waals surface area contributed by atoms with Crippen molar-refractivity contribution in [3.8, 4) is 0 Å². The number of halogens is 2. The van der Waals surface area contributed by atoms with Gasteiger partial charge in [-0.05, 0) is 59.1 Å². The zero-order valence-corrected chi connectivity index (χ0v) is 22.5. The van der Waals surface area contributed by atoms with Crippen LogP contribution >= 0.6 is 0 Å². The van der Waals surface area contributed by atoms with Crippen molar-refractivity contribution in [1.82, 2.24) is 0 Å². The molecule has 0 saturated carbocycles. The molecule has 0 aliphatic rings. The molecule has 0 radical (unpaired) electrons. The number of esters is 1. The normalized spacial score (nSPS) is 13.4. The summed E-state index contributed by atoms with van der Waals surface area (Å²) in [6.45, 7) is 11.6. The Morgan fingerprint density at radius 2 is 1.44 bits per heavy atom. The zero-order chi connectivity index (χ0) is 25.9. The topological polar surface area (TPSA) is 69.7 Å². The fourth-order valence-corrected chi connectivity index (χ4v) is 4.49. The second-order valence-electron chi connectivity index (χ2n) is 9.71. The Morgan fingerprint density at radius 3 is 1.91 bits per heavy atom. The van der Waals surface area contributed by atoms with Crippen molar-refractivity contribution in [2.45, 2.75) is 50.7 Å². The smallest absolute Gasteiger partial charge is 0.302 e. The molecule has 2 rings (SSSR count). The van der Waals surface area contributed by atoms with Crippen LogP contribution in [-0.2, 0) is 23.8 Å². The number of sulfone groups is 1. The predicted octanol–water partition coefficient (Wildman–Crippen LogP) is 5.86. The minimum Gasteiger partial charge on any atom is -0.461 e. The van der Waals surface area contributed by atoms with Gasteiger partial charge in [0.05, 0.1) is 11.5 Å². The molecule has 186 valence electrons. The first-order valence-corrected chi connectivity index (χ1v) is 15.6. The van der Waals surface area contributed by atoms with Crippen molar-refractivity contribution < 1.29 is 31.2 Å². The number of rotatable bonds is 8. The van der Waals surface area contributed by atoms with Crippen molar-refractivity contribution in [3.05, 3.63) is 65.2 Å². The standard InChI is InChI=1S/C25H32F2O5SSi/c1-17(28)31-15-21(18-8-11-20(12-9-18)33(5,29)30)22(16-32-34(6,7)25(2,3)4)19-10-13-23(26)24(27)14-19/h8-14H,15-16H2,1-7H3. The Kier molecular flexibility index (Phi) is 8.61. The summed E-state index contributed by atoms with van der Waals surface area (Å²) >= 11 is 0. The van der Waals surface area contributed by atoms with E-state index in [2.05, 4.69) is 33.9 Å². The molecule has 34 heavy (non-hydrogen) atoms. The van der Waals surface area contributed by atoms with Crippen molar-refractivity contribution in [1.29, 1.82) is 0 Å². The highest BCUT2D eigenvalue weighted by Crippen LogP contribution is 2.38. The lowest BCUT2D eigenvalue weighted by Crippen LogP contribution is -2.41. The van der Waals surface area contributed by atoms with Crippen LogP contribution in [-0.4, -0.2) is 42.2 Å². The maximum Gasteiger partial charge on any atom is 0.302 e. The molecule has 0 fully saturated rings. The van der Waals surface area contributed by atoms with Gasteiger partial charge in [-0.25, -0.2) is 17.2 Å². The molecule has 0 aromatic heterocycles. The van der Waals surface area contributed by atoms with Crippen LogP contribution in [0.25, 0.3) is 11.1 Å². The van der Waals surface area contributed by atoms with Crippen molar-refractivity contribution >= 4 is 35.3 Å². The van der Waals surface area contributed by atoms with E-state index >= 15 is 0 Å². The van der Waals surface area contributed by atoms with Gasteiger partial charge in [0, 0.05) is 18.8 Å². The van der Waals surface area contributed by atoms with Crippen LogP contribution in [0, 0.1) is 11.6 Å². The van der Waals surface area contributed by atoms with E-state index in [9.17, 15) is 22.0 Å². The first-order valence-electron chi connectivity index (χ1n) is 10.8. The van der Waals surface area contributed by atoms with Crippen LogP contribution in [0.3, 0.4) is 0 Å². The summed E-state index contributed by atoms with van der Waals surface area (Å²) < 4.78 is 63.3. The third-order valence-electron chi connectivity index (χ3n) is 6.07. The maximum absolute atomic E-state index is 14.2. The molecule has 0 spiro atoms. The molecule has 9 heteroatoms. The van der Waals surface area contributed by atoms with Crippen LogP contribution in [0.1, 0.15) is 38.8 Å². The largest absolute Gasteiger partial charge is 0.461 e. The summed E-state index contributed by atoms with van der Waals surface area (Å²) in [5.41, 5.74) is 2.00. The molecule has 0 aliphatic heterocycles. The Hall–Kier alpha value is -2.36. The fourth-order valence-electron chi connectivity index (χ4n) is 2.92.